The van der Waals surface area contributed by atoms with Gasteiger partial charge in [0.25, 0.3) is 0 Å². The van der Waals surface area contributed by atoms with Crippen LogP contribution in [0.25, 0.3) is 0 Å². The number of methoxy groups -OCH3 is 1. The van der Waals surface area contributed by atoms with Crippen molar-refractivity contribution in [3.63, 3.8) is 0 Å². The molecule has 1 rings (SSSR count). The Hall–Kier alpha value is -0.800. The van der Waals surface area contributed by atoms with Gasteiger partial charge in [-0.2, -0.15) is 0 Å². The summed E-state index contributed by atoms with van der Waals surface area (Å²) in [7, 11) is 1.73. The minimum Gasteiger partial charge on any atom is -0.469 e. The second-order valence-corrected chi connectivity index (χ2v) is 3.87. The Morgan fingerprint density at radius 3 is 2.53 bits per heavy atom. The van der Waals surface area contributed by atoms with Gasteiger partial charge in [0, 0.05) is 19.6 Å². The van der Waals surface area contributed by atoms with Gasteiger partial charge in [-0.15, -0.1) is 0 Å². The molecule has 0 fully saturated rings. The maximum absolute atomic E-state index is 6.19. The Balaban J connectivity index is 2.68. The predicted molar refractivity (Wildman–Crippen MR) is 60.7 cm³/mol. The summed E-state index contributed by atoms with van der Waals surface area (Å²) in [5.41, 5.74) is 5.96. The average molecular weight is 211 g/mol. The second-order valence-electron chi connectivity index (χ2n) is 3.87. The number of ether oxygens (including phenoxy) is 1. The van der Waals surface area contributed by atoms with Crippen LogP contribution in [0.1, 0.15) is 32.4 Å². The van der Waals surface area contributed by atoms with Gasteiger partial charge in [-0.3, -0.25) is 0 Å². The molecule has 0 bridgehead atoms. The van der Waals surface area contributed by atoms with E-state index < -0.39 is 0 Å². The first-order chi connectivity index (χ1) is 7.18. The van der Waals surface area contributed by atoms with Crippen LogP contribution in [0.15, 0.2) is 22.8 Å². The number of nitrogens with two attached hydrogens (primary N) is 1. The summed E-state index contributed by atoms with van der Waals surface area (Å²) in [5, 5.41) is 0. The number of hydrogen-bond donors (Lipinski definition) is 1. The smallest absolute Gasteiger partial charge is 0.105 e. The van der Waals surface area contributed by atoms with E-state index in [0.29, 0.717) is 0 Å². The third-order valence-corrected chi connectivity index (χ3v) is 3.28. The van der Waals surface area contributed by atoms with Crippen molar-refractivity contribution in [1.82, 2.24) is 0 Å². The van der Waals surface area contributed by atoms with Crippen molar-refractivity contribution in [2.75, 3.05) is 7.11 Å². The SMILES string of the molecule is CCC(CC)(OC)C(N)Cc1ccco1. The fourth-order valence-corrected chi connectivity index (χ4v) is 2.05. The van der Waals surface area contributed by atoms with E-state index in [1.165, 1.54) is 0 Å². The van der Waals surface area contributed by atoms with Crippen LogP contribution < -0.4 is 5.73 Å². The van der Waals surface area contributed by atoms with E-state index in [9.17, 15) is 0 Å². The molecule has 3 nitrogen and oxygen atoms in total. The Morgan fingerprint density at radius 2 is 2.13 bits per heavy atom. The summed E-state index contributed by atoms with van der Waals surface area (Å²) in [6.07, 6.45) is 4.24. The van der Waals surface area contributed by atoms with E-state index in [1.54, 1.807) is 13.4 Å². The minimum atomic E-state index is -0.229. The Kier molecular flexibility index (Phi) is 4.36. The van der Waals surface area contributed by atoms with Crippen LogP contribution >= 0.6 is 0 Å². The lowest BCUT2D eigenvalue weighted by molar-refractivity contribution is -0.0383. The highest BCUT2D eigenvalue weighted by molar-refractivity contribution is 5.04. The quantitative estimate of drug-likeness (QED) is 0.785. The molecule has 0 aliphatic rings. The van der Waals surface area contributed by atoms with Gasteiger partial charge in [-0.1, -0.05) is 13.8 Å². The molecule has 86 valence electrons. The first kappa shape index (κ1) is 12.3. The molecule has 15 heavy (non-hydrogen) atoms. The summed E-state index contributed by atoms with van der Waals surface area (Å²) in [6.45, 7) is 4.21. The van der Waals surface area contributed by atoms with Crippen LogP contribution in [0, 0.1) is 0 Å². The summed E-state index contributed by atoms with van der Waals surface area (Å²) in [4.78, 5) is 0. The Bertz CT molecular complexity index is 257. The van der Waals surface area contributed by atoms with Gasteiger partial charge in [0.05, 0.1) is 11.9 Å². The standard InChI is InChI=1S/C12H21NO2/c1-4-12(5-2,14-3)11(13)9-10-7-6-8-15-10/h6-8,11H,4-5,9,13H2,1-3H3. The summed E-state index contributed by atoms with van der Waals surface area (Å²) in [5.74, 6) is 0.922. The maximum atomic E-state index is 6.19. The van der Waals surface area contributed by atoms with Gasteiger partial charge >= 0.3 is 0 Å². The molecule has 0 saturated carbocycles. The van der Waals surface area contributed by atoms with Crippen molar-refractivity contribution in [3.05, 3.63) is 24.2 Å². The molecule has 0 spiro atoms. The van der Waals surface area contributed by atoms with E-state index in [4.69, 9.17) is 14.9 Å². The second kappa shape index (κ2) is 5.33. The number of rotatable bonds is 6. The summed E-state index contributed by atoms with van der Waals surface area (Å²) >= 11 is 0. The molecule has 0 amide bonds. The minimum absolute atomic E-state index is 0.0244. The van der Waals surface area contributed by atoms with Crippen LogP contribution in [0.5, 0.6) is 0 Å². The van der Waals surface area contributed by atoms with Gasteiger partial charge in [0.15, 0.2) is 0 Å². The number of furan rings is 1. The Morgan fingerprint density at radius 1 is 1.47 bits per heavy atom. The Labute approximate surface area is 91.6 Å². The van der Waals surface area contributed by atoms with E-state index in [1.807, 2.05) is 12.1 Å². The van der Waals surface area contributed by atoms with Crippen LogP contribution in [0.3, 0.4) is 0 Å². The molecule has 1 heterocycles. The van der Waals surface area contributed by atoms with Gasteiger partial charge < -0.3 is 14.9 Å². The molecule has 2 N–H and O–H groups in total. The van der Waals surface area contributed by atoms with E-state index in [2.05, 4.69) is 13.8 Å². The molecule has 3 heteroatoms. The lowest BCUT2D eigenvalue weighted by Gasteiger charge is -2.35. The van der Waals surface area contributed by atoms with Crippen LogP contribution in [0.2, 0.25) is 0 Å². The van der Waals surface area contributed by atoms with E-state index in [0.717, 1.165) is 25.0 Å². The third-order valence-electron chi connectivity index (χ3n) is 3.28. The van der Waals surface area contributed by atoms with Crippen LogP contribution in [-0.4, -0.2) is 18.8 Å². The summed E-state index contributed by atoms with van der Waals surface area (Å²) in [6, 6.07) is 3.81. The zero-order valence-corrected chi connectivity index (χ0v) is 9.82. The molecule has 1 unspecified atom stereocenters. The molecule has 0 aliphatic carbocycles. The largest absolute Gasteiger partial charge is 0.469 e. The topological polar surface area (TPSA) is 48.4 Å². The van der Waals surface area contributed by atoms with E-state index in [-0.39, 0.29) is 11.6 Å². The zero-order chi connectivity index (χ0) is 11.3. The van der Waals surface area contributed by atoms with Crippen molar-refractivity contribution in [1.29, 1.82) is 0 Å². The molecular formula is C12H21NO2. The molecule has 1 aromatic heterocycles. The first-order valence-corrected chi connectivity index (χ1v) is 5.51. The zero-order valence-electron chi connectivity index (χ0n) is 9.82. The maximum Gasteiger partial charge on any atom is 0.105 e. The molecule has 0 saturated heterocycles. The first-order valence-electron chi connectivity index (χ1n) is 5.51. The van der Waals surface area contributed by atoms with Gasteiger partial charge in [0.1, 0.15) is 5.76 Å². The molecule has 1 atom stereocenters. The highest BCUT2D eigenvalue weighted by Gasteiger charge is 2.33. The van der Waals surface area contributed by atoms with Gasteiger partial charge in [-0.05, 0) is 25.0 Å². The lowest BCUT2D eigenvalue weighted by atomic mass is 9.86. The normalized spacial score (nSPS) is 14.1. The van der Waals surface area contributed by atoms with Crippen LogP contribution in [-0.2, 0) is 11.2 Å². The molecular weight excluding hydrogens is 190 g/mol. The van der Waals surface area contributed by atoms with Gasteiger partial charge in [0.2, 0.25) is 0 Å². The average Bonchev–Trinajstić information content (AvgIpc) is 2.74. The molecule has 0 aromatic carbocycles. The van der Waals surface area contributed by atoms with Crippen molar-refractivity contribution in [3.8, 4) is 0 Å². The molecule has 0 radical (unpaired) electrons. The van der Waals surface area contributed by atoms with Crippen molar-refractivity contribution < 1.29 is 9.15 Å². The van der Waals surface area contributed by atoms with Crippen molar-refractivity contribution in [2.24, 2.45) is 5.73 Å². The van der Waals surface area contributed by atoms with Gasteiger partial charge in [-0.25, -0.2) is 0 Å². The lowest BCUT2D eigenvalue weighted by Crippen LogP contribution is -2.49. The van der Waals surface area contributed by atoms with Crippen molar-refractivity contribution in [2.45, 2.75) is 44.8 Å². The molecule has 1 aromatic rings. The third kappa shape index (κ3) is 2.61. The monoisotopic (exact) mass is 211 g/mol. The fourth-order valence-electron chi connectivity index (χ4n) is 2.05. The van der Waals surface area contributed by atoms with Crippen molar-refractivity contribution >= 4 is 0 Å². The van der Waals surface area contributed by atoms with Crippen LogP contribution in [0.4, 0.5) is 0 Å². The number of hydrogen-bond acceptors (Lipinski definition) is 3. The molecule has 0 aliphatic heterocycles. The highest BCUT2D eigenvalue weighted by Crippen LogP contribution is 2.25. The highest BCUT2D eigenvalue weighted by atomic mass is 16.5. The fraction of sp³-hybridized carbons (Fsp3) is 0.667. The summed E-state index contributed by atoms with van der Waals surface area (Å²) < 4.78 is 10.9. The van der Waals surface area contributed by atoms with E-state index >= 15 is 0 Å². The predicted octanol–water partition coefficient (Wildman–Crippen LogP) is 2.35.